The van der Waals surface area contributed by atoms with Gasteiger partial charge >= 0.3 is 0 Å². The zero-order valence-corrected chi connectivity index (χ0v) is 14.8. The van der Waals surface area contributed by atoms with Crippen molar-refractivity contribution < 1.29 is 14.6 Å². The lowest BCUT2D eigenvalue weighted by atomic mass is 10.0. The van der Waals surface area contributed by atoms with Crippen molar-refractivity contribution in [1.29, 1.82) is 0 Å². The summed E-state index contributed by atoms with van der Waals surface area (Å²) in [6.07, 6.45) is 1.33. The molecule has 1 amide bonds. The van der Waals surface area contributed by atoms with Gasteiger partial charge in [0.25, 0.3) is 0 Å². The number of aliphatic hydroxyl groups is 1. The lowest BCUT2D eigenvalue weighted by molar-refractivity contribution is -0.136. The molecule has 0 aromatic carbocycles. The molecule has 0 saturated carbocycles. The summed E-state index contributed by atoms with van der Waals surface area (Å²) < 4.78 is 5.83. The van der Waals surface area contributed by atoms with Gasteiger partial charge in [-0.05, 0) is 37.3 Å². The molecule has 1 saturated heterocycles. The maximum atomic E-state index is 12.6. The Labute approximate surface area is 141 Å². The highest BCUT2D eigenvalue weighted by Crippen LogP contribution is 2.34. The molecule has 5 nitrogen and oxygen atoms in total. The van der Waals surface area contributed by atoms with E-state index in [2.05, 4.69) is 16.3 Å². The molecule has 0 spiro atoms. The van der Waals surface area contributed by atoms with Crippen LogP contribution in [0.5, 0.6) is 0 Å². The van der Waals surface area contributed by atoms with Crippen molar-refractivity contribution in [1.82, 2.24) is 9.80 Å². The molecule has 3 rings (SSSR count). The van der Waals surface area contributed by atoms with Gasteiger partial charge in [-0.3, -0.25) is 9.69 Å². The maximum Gasteiger partial charge on any atom is 0.225 e. The number of carbonyl (C=O) groups is 1. The van der Waals surface area contributed by atoms with E-state index in [4.69, 9.17) is 4.74 Å². The van der Waals surface area contributed by atoms with Crippen LogP contribution in [-0.2, 0) is 16.0 Å². The predicted octanol–water partition coefficient (Wildman–Crippen LogP) is 1.67. The molecule has 6 heteroatoms. The zero-order valence-electron chi connectivity index (χ0n) is 14.0. The first-order chi connectivity index (χ1) is 10.9. The molecule has 2 aliphatic rings. The summed E-state index contributed by atoms with van der Waals surface area (Å²) in [6.45, 7) is 8.13. The normalized spacial score (nSPS) is 22.9. The number of nitrogens with zero attached hydrogens (tertiary/aromatic N) is 2. The Hall–Kier alpha value is -0.950. The van der Waals surface area contributed by atoms with Gasteiger partial charge in [-0.15, -0.1) is 11.3 Å². The highest BCUT2D eigenvalue weighted by molar-refractivity contribution is 7.10. The lowest BCUT2D eigenvalue weighted by Gasteiger charge is -2.37. The minimum Gasteiger partial charge on any atom is -0.389 e. The number of piperazine rings is 1. The van der Waals surface area contributed by atoms with E-state index in [1.54, 1.807) is 11.3 Å². The second-order valence-corrected chi connectivity index (χ2v) is 8.04. The standard InChI is InChI=1S/C17H26N2O3S/c1-17(2,21)12-18-5-7-19(8-6-18)15(20)11-14-16-13(3-9-22-14)4-10-23-16/h4,10,14,21H,3,5-9,11-12H2,1-2H3/t14-/m1/s1. The van der Waals surface area contributed by atoms with Crippen LogP contribution in [0.25, 0.3) is 0 Å². The molecular weight excluding hydrogens is 312 g/mol. The number of thiophene rings is 1. The number of amides is 1. The molecule has 1 N–H and O–H groups in total. The molecule has 0 radical (unpaired) electrons. The van der Waals surface area contributed by atoms with Gasteiger partial charge in [-0.1, -0.05) is 0 Å². The summed E-state index contributed by atoms with van der Waals surface area (Å²) in [7, 11) is 0. The fourth-order valence-corrected chi connectivity index (χ4v) is 4.37. The summed E-state index contributed by atoms with van der Waals surface area (Å²) in [5.41, 5.74) is 0.659. The van der Waals surface area contributed by atoms with Crippen molar-refractivity contribution in [3.8, 4) is 0 Å². The Bertz CT molecular complexity index is 544. The summed E-state index contributed by atoms with van der Waals surface area (Å²) in [5, 5.41) is 12.0. The van der Waals surface area contributed by atoms with E-state index in [0.717, 1.165) is 32.6 Å². The molecule has 23 heavy (non-hydrogen) atoms. The van der Waals surface area contributed by atoms with Crippen LogP contribution < -0.4 is 0 Å². The van der Waals surface area contributed by atoms with Gasteiger partial charge in [0.2, 0.25) is 5.91 Å². The van der Waals surface area contributed by atoms with Crippen molar-refractivity contribution in [2.75, 3.05) is 39.3 Å². The number of hydrogen-bond acceptors (Lipinski definition) is 5. The second-order valence-electron chi connectivity index (χ2n) is 7.09. The quantitative estimate of drug-likeness (QED) is 0.907. The Morgan fingerprint density at radius 1 is 1.39 bits per heavy atom. The number of β-amino-alcohol motifs (C(OH)–C–C–N with tert-alkyl or cyclic N) is 1. The van der Waals surface area contributed by atoms with Crippen LogP contribution in [-0.4, -0.2) is 65.7 Å². The SMILES string of the molecule is CC(C)(O)CN1CCN(C(=O)C[C@H]2OCCc3ccsc32)CC1. The van der Waals surface area contributed by atoms with E-state index >= 15 is 0 Å². The largest absolute Gasteiger partial charge is 0.389 e. The van der Waals surface area contributed by atoms with Crippen LogP contribution >= 0.6 is 11.3 Å². The van der Waals surface area contributed by atoms with E-state index in [0.29, 0.717) is 19.6 Å². The van der Waals surface area contributed by atoms with Gasteiger partial charge in [0, 0.05) is 37.6 Å². The highest BCUT2D eigenvalue weighted by Gasteiger charge is 2.29. The topological polar surface area (TPSA) is 53.0 Å². The third kappa shape index (κ3) is 4.32. The number of fused-ring (bicyclic) bond motifs is 1. The van der Waals surface area contributed by atoms with Crippen molar-refractivity contribution in [3.63, 3.8) is 0 Å². The van der Waals surface area contributed by atoms with Gasteiger partial charge in [-0.2, -0.15) is 0 Å². The predicted molar refractivity (Wildman–Crippen MR) is 90.7 cm³/mol. The van der Waals surface area contributed by atoms with Crippen LogP contribution in [0.2, 0.25) is 0 Å². The zero-order chi connectivity index (χ0) is 16.4. The number of rotatable bonds is 4. The average molecular weight is 338 g/mol. The molecule has 0 unspecified atom stereocenters. The fourth-order valence-electron chi connectivity index (χ4n) is 3.37. The first-order valence-electron chi connectivity index (χ1n) is 8.33. The minimum absolute atomic E-state index is 0.0688. The fraction of sp³-hybridized carbons (Fsp3) is 0.706. The van der Waals surface area contributed by atoms with Gasteiger partial charge < -0.3 is 14.7 Å². The monoisotopic (exact) mass is 338 g/mol. The van der Waals surface area contributed by atoms with Crippen molar-refractivity contribution in [2.45, 2.75) is 38.4 Å². The number of carbonyl (C=O) groups excluding carboxylic acids is 1. The third-order valence-electron chi connectivity index (χ3n) is 4.46. The first kappa shape index (κ1) is 16.9. The summed E-state index contributed by atoms with van der Waals surface area (Å²) in [6, 6.07) is 2.15. The smallest absolute Gasteiger partial charge is 0.225 e. The molecule has 1 atom stereocenters. The first-order valence-corrected chi connectivity index (χ1v) is 9.21. The van der Waals surface area contributed by atoms with Crippen LogP contribution in [0.15, 0.2) is 11.4 Å². The average Bonchev–Trinajstić information content (AvgIpc) is 2.96. The molecule has 1 aromatic heterocycles. The van der Waals surface area contributed by atoms with Gasteiger partial charge in [0.05, 0.1) is 18.6 Å². The van der Waals surface area contributed by atoms with Gasteiger partial charge in [0.15, 0.2) is 0 Å². The number of hydrogen-bond donors (Lipinski definition) is 1. The van der Waals surface area contributed by atoms with Crippen molar-refractivity contribution in [3.05, 3.63) is 21.9 Å². The molecular formula is C17H26N2O3S. The van der Waals surface area contributed by atoms with E-state index in [1.165, 1.54) is 10.4 Å². The molecule has 128 valence electrons. The summed E-state index contributed by atoms with van der Waals surface area (Å²) >= 11 is 1.70. The molecule has 2 aliphatic heterocycles. The van der Waals surface area contributed by atoms with Crippen LogP contribution in [0, 0.1) is 0 Å². The number of ether oxygens (including phenoxy) is 1. The summed E-state index contributed by atoms with van der Waals surface area (Å²) in [4.78, 5) is 18.0. The van der Waals surface area contributed by atoms with Crippen LogP contribution in [0.3, 0.4) is 0 Å². The maximum absolute atomic E-state index is 12.6. The van der Waals surface area contributed by atoms with Crippen LogP contribution in [0.4, 0.5) is 0 Å². The van der Waals surface area contributed by atoms with E-state index in [9.17, 15) is 9.90 Å². The Balaban J connectivity index is 1.51. The van der Waals surface area contributed by atoms with Crippen molar-refractivity contribution in [2.24, 2.45) is 0 Å². The molecule has 3 heterocycles. The molecule has 1 fully saturated rings. The Kier molecular flexibility index (Phi) is 5.06. The molecule has 1 aromatic rings. The van der Waals surface area contributed by atoms with E-state index in [-0.39, 0.29) is 12.0 Å². The van der Waals surface area contributed by atoms with E-state index in [1.807, 2.05) is 18.7 Å². The highest BCUT2D eigenvalue weighted by atomic mass is 32.1. The second kappa shape index (κ2) is 6.89. The Morgan fingerprint density at radius 3 is 2.83 bits per heavy atom. The molecule has 0 bridgehead atoms. The lowest BCUT2D eigenvalue weighted by Crippen LogP contribution is -2.52. The van der Waals surface area contributed by atoms with Crippen molar-refractivity contribution >= 4 is 17.2 Å². The summed E-state index contributed by atoms with van der Waals surface area (Å²) in [5.74, 6) is 0.180. The van der Waals surface area contributed by atoms with Gasteiger partial charge in [-0.25, -0.2) is 0 Å². The van der Waals surface area contributed by atoms with E-state index < -0.39 is 5.60 Å². The molecule has 0 aliphatic carbocycles. The third-order valence-corrected chi connectivity index (χ3v) is 5.51. The van der Waals surface area contributed by atoms with Crippen LogP contribution in [0.1, 0.15) is 36.8 Å². The minimum atomic E-state index is -0.683. The van der Waals surface area contributed by atoms with Gasteiger partial charge in [0.1, 0.15) is 6.10 Å². The Morgan fingerprint density at radius 2 is 2.13 bits per heavy atom.